The fraction of sp³-hybridized carbons (Fsp3) is 0.368. The number of aliphatic hydroxyl groups excluding tert-OH is 2. The summed E-state index contributed by atoms with van der Waals surface area (Å²) in [7, 11) is 1.52. The first-order valence-electron chi connectivity index (χ1n) is 9.10. The number of aliphatic hydroxyl groups is 2. The van der Waals surface area contributed by atoms with Crippen LogP contribution in [0.3, 0.4) is 0 Å². The zero-order valence-corrected chi connectivity index (χ0v) is 16.3. The van der Waals surface area contributed by atoms with Gasteiger partial charge in [-0.3, -0.25) is 13.9 Å². The van der Waals surface area contributed by atoms with E-state index in [2.05, 4.69) is 10.1 Å². The van der Waals surface area contributed by atoms with Crippen molar-refractivity contribution in [2.75, 3.05) is 0 Å². The number of rotatable bonds is 5. The Balaban J connectivity index is 1.56. The molecule has 4 rings (SSSR count). The molecule has 2 N–H and O–H groups in total. The zero-order chi connectivity index (χ0) is 20.7. The smallest absolute Gasteiger partial charge is 0.331 e. The fourth-order valence-electron chi connectivity index (χ4n) is 3.61. The van der Waals surface area contributed by atoms with Crippen molar-refractivity contribution in [2.45, 2.75) is 38.0 Å². The summed E-state index contributed by atoms with van der Waals surface area (Å²) in [6.45, 7) is -0.182. The summed E-state index contributed by atoms with van der Waals surface area (Å²) >= 11 is 5.85. The van der Waals surface area contributed by atoms with Crippen LogP contribution >= 0.6 is 11.6 Å². The van der Waals surface area contributed by atoms with E-state index in [0.717, 1.165) is 4.57 Å². The summed E-state index contributed by atoms with van der Waals surface area (Å²) in [5, 5.41) is 24.7. The van der Waals surface area contributed by atoms with Crippen molar-refractivity contribution in [3.8, 4) is 0 Å². The first kappa shape index (κ1) is 19.6. The lowest BCUT2D eigenvalue weighted by atomic mass is 10.1. The maximum absolute atomic E-state index is 12.7. The number of nitrogens with zero attached hydrogens (tertiary/aromatic N) is 4. The quantitative estimate of drug-likeness (QED) is 0.630. The largest absolute Gasteiger partial charge is 0.388 e. The second-order valence-electron chi connectivity index (χ2n) is 7.03. The number of hydrogen-bond acceptors (Lipinski definition) is 7. The molecule has 29 heavy (non-hydrogen) atoms. The Morgan fingerprint density at radius 1 is 1.31 bits per heavy atom. The van der Waals surface area contributed by atoms with Gasteiger partial charge in [0.15, 0.2) is 5.82 Å². The van der Waals surface area contributed by atoms with Crippen LogP contribution in [0.4, 0.5) is 0 Å². The van der Waals surface area contributed by atoms with Crippen molar-refractivity contribution in [3.63, 3.8) is 0 Å². The average Bonchev–Trinajstić information content (AvgIpc) is 3.30. The maximum Gasteiger partial charge on any atom is 0.331 e. The molecule has 0 unspecified atom stereocenters. The van der Waals surface area contributed by atoms with Gasteiger partial charge in [0.2, 0.25) is 5.89 Å². The number of benzene rings is 1. The van der Waals surface area contributed by atoms with Crippen molar-refractivity contribution in [3.05, 3.63) is 78.7 Å². The molecule has 0 radical (unpaired) electrons. The molecule has 0 saturated carbocycles. The molecule has 10 heteroatoms. The summed E-state index contributed by atoms with van der Waals surface area (Å²) in [6.07, 6.45) is -0.737. The van der Waals surface area contributed by atoms with Gasteiger partial charge in [-0.05, 0) is 30.5 Å². The van der Waals surface area contributed by atoms with Crippen molar-refractivity contribution in [1.29, 1.82) is 0 Å². The van der Waals surface area contributed by atoms with Gasteiger partial charge < -0.3 is 14.7 Å². The molecule has 3 aromatic rings. The molecule has 1 aliphatic rings. The number of aromatic nitrogens is 4. The van der Waals surface area contributed by atoms with Gasteiger partial charge in [-0.25, -0.2) is 4.79 Å². The molecule has 0 aliphatic heterocycles. The van der Waals surface area contributed by atoms with Gasteiger partial charge in [0.05, 0.1) is 17.9 Å². The molecule has 0 fully saturated rings. The van der Waals surface area contributed by atoms with Crippen LogP contribution in [0.1, 0.15) is 47.2 Å². The van der Waals surface area contributed by atoms with Gasteiger partial charge in [0.1, 0.15) is 6.54 Å². The monoisotopic (exact) mass is 418 g/mol. The van der Waals surface area contributed by atoms with Crippen LogP contribution in [0.2, 0.25) is 5.02 Å². The molecule has 1 aliphatic carbocycles. The van der Waals surface area contributed by atoms with Crippen LogP contribution in [0.25, 0.3) is 0 Å². The molecule has 2 atom stereocenters. The molecule has 9 nitrogen and oxygen atoms in total. The summed E-state index contributed by atoms with van der Waals surface area (Å²) in [6, 6.07) is 6.76. The summed E-state index contributed by atoms with van der Waals surface area (Å²) in [5.74, 6) is 0.338. The minimum Gasteiger partial charge on any atom is -0.388 e. The predicted octanol–water partition coefficient (Wildman–Crippen LogP) is 0.887. The lowest BCUT2D eigenvalue weighted by Gasteiger charge is -2.12. The van der Waals surface area contributed by atoms with Gasteiger partial charge in [-0.15, -0.1) is 0 Å². The SMILES string of the molecule is Cn1c2c(c(=O)n(Cc3nc(C[C@H](O)c4ccc(Cl)cc4)no3)c1=O)CC[C@@H]2O. The highest BCUT2D eigenvalue weighted by atomic mass is 35.5. The second-order valence-corrected chi connectivity index (χ2v) is 7.46. The second kappa shape index (κ2) is 7.58. The van der Waals surface area contributed by atoms with Crippen molar-refractivity contribution in [2.24, 2.45) is 7.05 Å². The Bertz CT molecular complexity index is 1160. The Kier molecular flexibility index (Phi) is 5.12. The molecular formula is C19H19ClN4O5. The lowest BCUT2D eigenvalue weighted by Crippen LogP contribution is -2.42. The highest BCUT2D eigenvalue weighted by Gasteiger charge is 2.28. The van der Waals surface area contributed by atoms with Crippen LogP contribution in [-0.4, -0.2) is 29.5 Å². The highest BCUT2D eigenvalue weighted by molar-refractivity contribution is 6.30. The van der Waals surface area contributed by atoms with E-state index in [1.807, 2.05) is 0 Å². The lowest BCUT2D eigenvalue weighted by molar-refractivity contribution is 0.171. The van der Waals surface area contributed by atoms with Crippen molar-refractivity contribution >= 4 is 11.6 Å². The van der Waals surface area contributed by atoms with E-state index in [4.69, 9.17) is 16.1 Å². The Morgan fingerprint density at radius 3 is 2.76 bits per heavy atom. The first-order valence-corrected chi connectivity index (χ1v) is 9.48. The van der Waals surface area contributed by atoms with Gasteiger partial charge in [0.25, 0.3) is 5.56 Å². The molecule has 0 amide bonds. The summed E-state index contributed by atoms with van der Waals surface area (Å²) in [4.78, 5) is 29.4. The van der Waals surface area contributed by atoms with Crippen LogP contribution in [0.15, 0.2) is 38.4 Å². The molecule has 2 heterocycles. The third-order valence-corrected chi connectivity index (χ3v) is 5.36. The van der Waals surface area contributed by atoms with Crippen LogP contribution in [-0.2, 0) is 26.4 Å². The minimum absolute atomic E-state index is 0.0843. The van der Waals surface area contributed by atoms with Crippen molar-refractivity contribution < 1.29 is 14.7 Å². The Morgan fingerprint density at radius 2 is 2.03 bits per heavy atom. The van der Waals surface area contributed by atoms with Gasteiger partial charge in [0, 0.05) is 24.1 Å². The highest BCUT2D eigenvalue weighted by Crippen LogP contribution is 2.27. The van der Waals surface area contributed by atoms with Crippen molar-refractivity contribution in [1.82, 2.24) is 19.3 Å². The van der Waals surface area contributed by atoms with E-state index in [9.17, 15) is 19.8 Å². The number of halogens is 1. The topological polar surface area (TPSA) is 123 Å². The van der Waals surface area contributed by atoms with E-state index in [1.54, 1.807) is 24.3 Å². The van der Waals surface area contributed by atoms with Gasteiger partial charge in [-0.2, -0.15) is 4.98 Å². The number of hydrogen-bond donors (Lipinski definition) is 2. The third kappa shape index (κ3) is 3.64. The molecule has 0 spiro atoms. The minimum atomic E-state index is -0.852. The summed E-state index contributed by atoms with van der Waals surface area (Å²) < 4.78 is 7.47. The van der Waals surface area contributed by atoms with E-state index >= 15 is 0 Å². The maximum atomic E-state index is 12.7. The fourth-order valence-corrected chi connectivity index (χ4v) is 3.74. The summed E-state index contributed by atoms with van der Waals surface area (Å²) in [5.41, 5.74) is 0.435. The third-order valence-electron chi connectivity index (χ3n) is 5.11. The normalized spacial score (nSPS) is 16.8. The Labute approximate surface area is 169 Å². The standard InChI is InChI=1S/C19H19ClN4O5/c1-23-17-12(6-7-13(17)25)18(27)24(19(23)28)9-16-21-15(22-29-16)8-14(26)10-2-4-11(20)5-3-10/h2-5,13-14,25-26H,6-9H2,1H3/t13-,14-/m0/s1. The average molecular weight is 419 g/mol. The predicted molar refractivity (Wildman–Crippen MR) is 103 cm³/mol. The van der Waals surface area contributed by atoms with E-state index in [0.29, 0.717) is 34.7 Å². The molecule has 0 saturated heterocycles. The van der Waals surface area contributed by atoms with Crippen LogP contribution in [0.5, 0.6) is 0 Å². The number of fused-ring (bicyclic) bond motifs is 1. The van der Waals surface area contributed by atoms with Gasteiger partial charge in [-0.1, -0.05) is 28.9 Å². The molecule has 2 aromatic heterocycles. The van der Waals surface area contributed by atoms with Crippen LogP contribution in [0, 0.1) is 0 Å². The van der Waals surface area contributed by atoms with E-state index in [-0.39, 0.29) is 24.7 Å². The molecular weight excluding hydrogens is 400 g/mol. The van der Waals surface area contributed by atoms with E-state index < -0.39 is 23.5 Å². The zero-order valence-electron chi connectivity index (χ0n) is 15.6. The molecule has 1 aromatic carbocycles. The first-order chi connectivity index (χ1) is 13.8. The molecule has 152 valence electrons. The van der Waals surface area contributed by atoms with Gasteiger partial charge >= 0.3 is 5.69 Å². The van der Waals surface area contributed by atoms with E-state index in [1.165, 1.54) is 11.6 Å². The Hall–Kier alpha value is -2.75. The molecule has 0 bridgehead atoms. The van der Waals surface area contributed by atoms with Crippen LogP contribution < -0.4 is 11.2 Å².